The lowest BCUT2D eigenvalue weighted by Crippen LogP contribution is -2.14. The van der Waals surface area contributed by atoms with Crippen molar-refractivity contribution in [2.45, 2.75) is 6.42 Å². The average Bonchev–Trinajstić information content (AvgIpc) is 2.83. The molecule has 20 heavy (non-hydrogen) atoms. The second-order valence-electron chi connectivity index (χ2n) is 4.43. The quantitative estimate of drug-likeness (QED) is 0.713. The number of anilines is 1. The molecule has 100 valence electrons. The van der Waals surface area contributed by atoms with Gasteiger partial charge in [0.15, 0.2) is 0 Å². The van der Waals surface area contributed by atoms with Gasteiger partial charge in [0.05, 0.1) is 12.1 Å². The fourth-order valence-corrected chi connectivity index (χ4v) is 2.33. The molecule has 1 amide bonds. The van der Waals surface area contributed by atoms with Gasteiger partial charge in [0.1, 0.15) is 5.65 Å². The molecule has 0 fully saturated rings. The maximum absolute atomic E-state index is 12.0. The van der Waals surface area contributed by atoms with Gasteiger partial charge in [0, 0.05) is 21.7 Å². The first kappa shape index (κ1) is 13.1. The van der Waals surface area contributed by atoms with E-state index < -0.39 is 0 Å². The molecule has 0 aliphatic carbocycles. The SMILES string of the molecule is O=C(Cc1cn2ccccc2n1)Nc1ccc(I)cc1. The van der Waals surface area contributed by atoms with Gasteiger partial charge in [-0.3, -0.25) is 4.79 Å². The monoisotopic (exact) mass is 377 g/mol. The third kappa shape index (κ3) is 2.98. The Balaban J connectivity index is 1.70. The number of benzene rings is 1. The maximum atomic E-state index is 12.0. The third-order valence-electron chi connectivity index (χ3n) is 2.88. The first-order valence-corrected chi connectivity index (χ1v) is 7.26. The Morgan fingerprint density at radius 1 is 1.20 bits per heavy atom. The first-order valence-electron chi connectivity index (χ1n) is 6.19. The summed E-state index contributed by atoms with van der Waals surface area (Å²) < 4.78 is 3.05. The molecule has 0 radical (unpaired) electrons. The van der Waals surface area contributed by atoms with Crippen LogP contribution in [0.1, 0.15) is 5.69 Å². The Hall–Kier alpha value is -1.89. The van der Waals surface area contributed by atoms with Crippen LogP contribution < -0.4 is 5.32 Å². The number of aromatic nitrogens is 2. The normalized spacial score (nSPS) is 10.7. The highest BCUT2D eigenvalue weighted by Gasteiger charge is 2.07. The summed E-state index contributed by atoms with van der Waals surface area (Å²) in [4.78, 5) is 16.4. The lowest BCUT2D eigenvalue weighted by Gasteiger charge is -2.03. The summed E-state index contributed by atoms with van der Waals surface area (Å²) in [6.45, 7) is 0. The summed E-state index contributed by atoms with van der Waals surface area (Å²) >= 11 is 2.23. The average molecular weight is 377 g/mol. The zero-order chi connectivity index (χ0) is 13.9. The smallest absolute Gasteiger partial charge is 0.230 e. The van der Waals surface area contributed by atoms with E-state index in [1.807, 2.05) is 59.3 Å². The number of pyridine rings is 1. The number of carbonyl (C=O) groups is 1. The third-order valence-corrected chi connectivity index (χ3v) is 3.60. The van der Waals surface area contributed by atoms with Gasteiger partial charge in [0.2, 0.25) is 5.91 Å². The van der Waals surface area contributed by atoms with Crippen LogP contribution in [0.4, 0.5) is 5.69 Å². The summed E-state index contributed by atoms with van der Waals surface area (Å²) in [5, 5.41) is 2.87. The van der Waals surface area contributed by atoms with Gasteiger partial charge in [-0.1, -0.05) is 6.07 Å². The van der Waals surface area contributed by atoms with Crippen molar-refractivity contribution in [2.75, 3.05) is 5.32 Å². The molecule has 0 spiro atoms. The Morgan fingerprint density at radius 2 is 2.00 bits per heavy atom. The summed E-state index contributed by atoms with van der Waals surface area (Å²) in [7, 11) is 0. The molecule has 0 aliphatic rings. The largest absolute Gasteiger partial charge is 0.326 e. The molecule has 1 N–H and O–H groups in total. The summed E-state index contributed by atoms with van der Waals surface area (Å²) in [6.07, 6.45) is 4.07. The molecule has 1 aromatic carbocycles. The van der Waals surface area contributed by atoms with Gasteiger partial charge >= 0.3 is 0 Å². The maximum Gasteiger partial charge on any atom is 0.230 e. The molecule has 0 aliphatic heterocycles. The van der Waals surface area contributed by atoms with E-state index in [4.69, 9.17) is 0 Å². The number of nitrogens with one attached hydrogen (secondary N) is 1. The summed E-state index contributed by atoms with van der Waals surface area (Å²) in [5.74, 6) is -0.0605. The van der Waals surface area contributed by atoms with Crippen LogP contribution in [0.3, 0.4) is 0 Å². The fraction of sp³-hybridized carbons (Fsp3) is 0.0667. The number of imidazole rings is 1. The van der Waals surface area contributed by atoms with Crippen LogP contribution >= 0.6 is 22.6 Å². The van der Waals surface area contributed by atoms with Crippen molar-refractivity contribution in [3.63, 3.8) is 0 Å². The van der Waals surface area contributed by atoms with Crippen molar-refractivity contribution >= 4 is 39.8 Å². The van der Waals surface area contributed by atoms with E-state index in [1.54, 1.807) is 0 Å². The van der Waals surface area contributed by atoms with E-state index in [1.165, 1.54) is 0 Å². The molecule has 2 heterocycles. The Bertz CT molecular complexity index is 716. The number of nitrogens with zero attached hydrogens (tertiary/aromatic N) is 2. The summed E-state index contributed by atoms with van der Waals surface area (Å²) in [5.41, 5.74) is 2.42. The van der Waals surface area contributed by atoms with Crippen molar-refractivity contribution < 1.29 is 4.79 Å². The highest BCUT2D eigenvalue weighted by Crippen LogP contribution is 2.12. The number of halogens is 1. The van der Waals surface area contributed by atoms with Gasteiger partial charge < -0.3 is 9.72 Å². The number of rotatable bonds is 3. The molecular weight excluding hydrogens is 365 g/mol. The van der Waals surface area contributed by atoms with E-state index in [0.29, 0.717) is 0 Å². The minimum absolute atomic E-state index is 0.0605. The van der Waals surface area contributed by atoms with Crippen LogP contribution in [0.2, 0.25) is 0 Å². The minimum atomic E-state index is -0.0605. The molecule has 0 bridgehead atoms. The zero-order valence-corrected chi connectivity index (χ0v) is 12.7. The molecule has 4 nitrogen and oxygen atoms in total. The molecule has 0 saturated carbocycles. The predicted molar refractivity (Wildman–Crippen MR) is 86.7 cm³/mol. The molecule has 3 aromatic rings. The molecule has 0 unspecified atom stereocenters. The van der Waals surface area contributed by atoms with Crippen molar-refractivity contribution in [3.8, 4) is 0 Å². The lowest BCUT2D eigenvalue weighted by molar-refractivity contribution is -0.115. The van der Waals surface area contributed by atoms with Crippen LogP contribution in [0.15, 0.2) is 54.9 Å². The van der Waals surface area contributed by atoms with Gasteiger partial charge in [-0.25, -0.2) is 4.98 Å². The molecular formula is C15H12IN3O. The highest BCUT2D eigenvalue weighted by atomic mass is 127. The molecule has 2 aromatic heterocycles. The van der Waals surface area contributed by atoms with Gasteiger partial charge in [-0.05, 0) is 59.0 Å². The van der Waals surface area contributed by atoms with E-state index in [0.717, 1.165) is 20.6 Å². The second-order valence-corrected chi connectivity index (χ2v) is 5.68. The van der Waals surface area contributed by atoms with Crippen molar-refractivity contribution in [3.05, 3.63) is 64.1 Å². The second kappa shape index (κ2) is 5.62. The van der Waals surface area contributed by atoms with Crippen LogP contribution in [0.5, 0.6) is 0 Å². The van der Waals surface area contributed by atoms with Gasteiger partial charge in [0.25, 0.3) is 0 Å². The molecule has 0 atom stereocenters. The van der Waals surface area contributed by atoms with Crippen LogP contribution in [-0.4, -0.2) is 15.3 Å². The van der Waals surface area contributed by atoms with E-state index in [9.17, 15) is 4.79 Å². The number of carbonyl (C=O) groups excluding carboxylic acids is 1. The topological polar surface area (TPSA) is 46.4 Å². The lowest BCUT2D eigenvalue weighted by atomic mass is 10.3. The number of amides is 1. The summed E-state index contributed by atoms with van der Waals surface area (Å²) in [6, 6.07) is 13.5. The predicted octanol–water partition coefficient (Wildman–Crippen LogP) is 3.12. The van der Waals surface area contributed by atoms with Crippen LogP contribution in [0.25, 0.3) is 5.65 Å². The highest BCUT2D eigenvalue weighted by molar-refractivity contribution is 14.1. The zero-order valence-electron chi connectivity index (χ0n) is 10.6. The Morgan fingerprint density at radius 3 is 2.75 bits per heavy atom. The number of fused-ring (bicyclic) bond motifs is 1. The first-order chi connectivity index (χ1) is 9.70. The molecule has 5 heteroatoms. The fourth-order valence-electron chi connectivity index (χ4n) is 1.98. The van der Waals surface area contributed by atoms with Crippen molar-refractivity contribution in [1.29, 1.82) is 0 Å². The standard InChI is InChI=1S/C15H12IN3O/c16-11-4-6-12(7-5-11)18-15(20)9-13-10-19-8-2-1-3-14(19)17-13/h1-8,10H,9H2,(H,18,20). The Labute approximate surface area is 130 Å². The van der Waals surface area contributed by atoms with Gasteiger partial charge in [-0.15, -0.1) is 0 Å². The van der Waals surface area contributed by atoms with E-state index >= 15 is 0 Å². The number of hydrogen-bond donors (Lipinski definition) is 1. The Kier molecular flexibility index (Phi) is 3.68. The van der Waals surface area contributed by atoms with E-state index in [2.05, 4.69) is 32.9 Å². The number of hydrogen-bond acceptors (Lipinski definition) is 2. The van der Waals surface area contributed by atoms with Gasteiger partial charge in [-0.2, -0.15) is 0 Å². The van der Waals surface area contributed by atoms with E-state index in [-0.39, 0.29) is 12.3 Å². The van der Waals surface area contributed by atoms with Crippen molar-refractivity contribution in [1.82, 2.24) is 9.38 Å². The van der Waals surface area contributed by atoms with Crippen molar-refractivity contribution in [2.24, 2.45) is 0 Å². The molecule has 3 rings (SSSR count). The minimum Gasteiger partial charge on any atom is -0.326 e. The molecule has 0 saturated heterocycles. The van der Waals surface area contributed by atoms with Crippen LogP contribution in [0, 0.1) is 3.57 Å². The van der Waals surface area contributed by atoms with Crippen LogP contribution in [-0.2, 0) is 11.2 Å².